The lowest BCUT2D eigenvalue weighted by Crippen LogP contribution is -2.18. The van der Waals surface area contributed by atoms with Crippen LogP contribution in [0.3, 0.4) is 0 Å². The van der Waals surface area contributed by atoms with Gasteiger partial charge in [-0.3, -0.25) is 0 Å². The SMILES string of the molecule is Cc1ccc(CC(CO)n2c(N)nc3ccccc32)cc1. The Balaban J connectivity index is 1.98. The zero-order chi connectivity index (χ0) is 14.8. The Morgan fingerprint density at radius 3 is 2.57 bits per heavy atom. The molecule has 1 heterocycles. The van der Waals surface area contributed by atoms with Gasteiger partial charge < -0.3 is 15.4 Å². The van der Waals surface area contributed by atoms with E-state index < -0.39 is 0 Å². The molecule has 0 radical (unpaired) electrons. The van der Waals surface area contributed by atoms with Crippen LogP contribution in [-0.4, -0.2) is 21.3 Å². The van der Waals surface area contributed by atoms with Crippen LogP contribution in [0.5, 0.6) is 0 Å². The summed E-state index contributed by atoms with van der Waals surface area (Å²) in [6.07, 6.45) is 0.724. The standard InChI is InChI=1S/C17H19N3O/c1-12-6-8-13(9-7-12)10-14(11-21)20-16-5-3-2-4-15(16)19-17(20)18/h2-9,14,21H,10-11H2,1H3,(H2,18,19). The normalized spacial score (nSPS) is 12.7. The van der Waals surface area contributed by atoms with Gasteiger partial charge in [0.2, 0.25) is 5.95 Å². The molecule has 0 saturated carbocycles. The second-order valence-electron chi connectivity index (χ2n) is 5.35. The molecule has 4 nitrogen and oxygen atoms in total. The lowest BCUT2D eigenvalue weighted by molar-refractivity contribution is 0.231. The van der Waals surface area contributed by atoms with Crippen LogP contribution in [0.2, 0.25) is 0 Å². The van der Waals surface area contributed by atoms with Crippen LogP contribution in [0.4, 0.5) is 5.95 Å². The van der Waals surface area contributed by atoms with Gasteiger partial charge in [0.25, 0.3) is 0 Å². The molecule has 0 amide bonds. The van der Waals surface area contributed by atoms with E-state index in [4.69, 9.17) is 5.73 Å². The Morgan fingerprint density at radius 2 is 1.86 bits per heavy atom. The van der Waals surface area contributed by atoms with Gasteiger partial charge in [0.15, 0.2) is 0 Å². The maximum absolute atomic E-state index is 9.79. The highest BCUT2D eigenvalue weighted by molar-refractivity contribution is 5.78. The summed E-state index contributed by atoms with van der Waals surface area (Å²) in [4.78, 5) is 4.37. The monoisotopic (exact) mass is 281 g/mol. The number of nitrogen functional groups attached to an aromatic ring is 1. The van der Waals surface area contributed by atoms with Crippen LogP contribution in [0.15, 0.2) is 48.5 Å². The maximum Gasteiger partial charge on any atom is 0.201 e. The van der Waals surface area contributed by atoms with Crippen molar-refractivity contribution in [1.82, 2.24) is 9.55 Å². The summed E-state index contributed by atoms with van der Waals surface area (Å²) in [6, 6.07) is 16.0. The molecule has 1 unspecified atom stereocenters. The largest absolute Gasteiger partial charge is 0.394 e. The number of rotatable bonds is 4. The number of aliphatic hydroxyl groups is 1. The number of aryl methyl sites for hydroxylation is 1. The molecule has 21 heavy (non-hydrogen) atoms. The molecule has 0 aliphatic heterocycles. The molecule has 0 saturated heterocycles. The Morgan fingerprint density at radius 1 is 1.14 bits per heavy atom. The molecule has 0 aliphatic rings. The Kier molecular flexibility index (Phi) is 3.62. The third kappa shape index (κ3) is 2.62. The van der Waals surface area contributed by atoms with Gasteiger partial charge in [-0.15, -0.1) is 0 Å². The number of imidazole rings is 1. The minimum Gasteiger partial charge on any atom is -0.394 e. The number of para-hydroxylation sites is 2. The van der Waals surface area contributed by atoms with Crippen molar-refractivity contribution in [2.45, 2.75) is 19.4 Å². The van der Waals surface area contributed by atoms with Gasteiger partial charge in [-0.1, -0.05) is 42.0 Å². The zero-order valence-corrected chi connectivity index (χ0v) is 12.0. The van der Waals surface area contributed by atoms with E-state index in [1.165, 1.54) is 11.1 Å². The number of nitrogens with two attached hydrogens (primary N) is 1. The van der Waals surface area contributed by atoms with Crippen molar-refractivity contribution in [3.63, 3.8) is 0 Å². The number of aromatic nitrogens is 2. The van der Waals surface area contributed by atoms with Crippen LogP contribution in [0.1, 0.15) is 17.2 Å². The van der Waals surface area contributed by atoms with Crippen molar-refractivity contribution in [3.05, 3.63) is 59.7 Å². The van der Waals surface area contributed by atoms with Gasteiger partial charge in [0.1, 0.15) is 0 Å². The molecule has 108 valence electrons. The van der Waals surface area contributed by atoms with E-state index in [0.29, 0.717) is 5.95 Å². The van der Waals surface area contributed by atoms with Gasteiger partial charge in [-0.2, -0.15) is 0 Å². The van der Waals surface area contributed by atoms with Gasteiger partial charge in [-0.05, 0) is 31.0 Å². The van der Waals surface area contributed by atoms with Crippen molar-refractivity contribution < 1.29 is 5.11 Å². The topological polar surface area (TPSA) is 64.1 Å². The minimum atomic E-state index is -0.111. The fraction of sp³-hybridized carbons (Fsp3) is 0.235. The molecule has 0 spiro atoms. The zero-order valence-electron chi connectivity index (χ0n) is 12.0. The third-order valence-electron chi connectivity index (χ3n) is 3.79. The van der Waals surface area contributed by atoms with E-state index in [1.807, 2.05) is 28.8 Å². The third-order valence-corrected chi connectivity index (χ3v) is 3.79. The van der Waals surface area contributed by atoms with Crippen molar-refractivity contribution in [1.29, 1.82) is 0 Å². The van der Waals surface area contributed by atoms with Gasteiger partial charge in [0.05, 0.1) is 23.7 Å². The van der Waals surface area contributed by atoms with Gasteiger partial charge >= 0.3 is 0 Å². The quantitative estimate of drug-likeness (QED) is 0.773. The number of benzene rings is 2. The summed E-state index contributed by atoms with van der Waals surface area (Å²) in [5, 5.41) is 9.79. The molecule has 3 N–H and O–H groups in total. The number of hydrogen-bond donors (Lipinski definition) is 2. The van der Waals surface area contributed by atoms with Gasteiger partial charge in [0, 0.05) is 0 Å². The predicted octanol–water partition coefficient (Wildman–Crippen LogP) is 2.70. The minimum absolute atomic E-state index is 0.0262. The Hall–Kier alpha value is -2.33. The molecule has 4 heteroatoms. The predicted molar refractivity (Wildman–Crippen MR) is 85.2 cm³/mol. The fourth-order valence-electron chi connectivity index (χ4n) is 2.68. The molecule has 0 fully saturated rings. The first kappa shape index (κ1) is 13.6. The first-order valence-corrected chi connectivity index (χ1v) is 7.08. The Labute approximate surface area is 123 Å². The Bertz CT molecular complexity index is 746. The highest BCUT2D eigenvalue weighted by Crippen LogP contribution is 2.25. The van der Waals surface area contributed by atoms with E-state index in [-0.39, 0.29) is 12.6 Å². The molecule has 2 aromatic carbocycles. The van der Waals surface area contributed by atoms with Crippen molar-refractivity contribution in [3.8, 4) is 0 Å². The van der Waals surface area contributed by atoms with Crippen molar-refractivity contribution in [2.75, 3.05) is 12.3 Å². The van der Waals surface area contributed by atoms with Crippen molar-refractivity contribution >= 4 is 17.0 Å². The molecule has 1 aromatic heterocycles. The van der Waals surface area contributed by atoms with Crippen molar-refractivity contribution in [2.24, 2.45) is 0 Å². The smallest absolute Gasteiger partial charge is 0.201 e. The van der Waals surface area contributed by atoms with E-state index in [9.17, 15) is 5.11 Å². The molecule has 3 rings (SSSR count). The first-order chi connectivity index (χ1) is 10.2. The highest BCUT2D eigenvalue weighted by Gasteiger charge is 2.17. The van der Waals surface area contributed by atoms with E-state index in [2.05, 4.69) is 36.2 Å². The van der Waals surface area contributed by atoms with E-state index in [0.717, 1.165) is 17.5 Å². The number of fused-ring (bicyclic) bond motifs is 1. The van der Waals surface area contributed by atoms with Crippen LogP contribution in [0.25, 0.3) is 11.0 Å². The average Bonchev–Trinajstić information content (AvgIpc) is 2.83. The van der Waals surface area contributed by atoms with Crippen LogP contribution >= 0.6 is 0 Å². The lowest BCUT2D eigenvalue weighted by atomic mass is 10.0. The summed E-state index contributed by atoms with van der Waals surface area (Å²) < 4.78 is 1.93. The maximum atomic E-state index is 9.79. The van der Waals surface area contributed by atoms with Crippen LogP contribution in [-0.2, 0) is 6.42 Å². The fourth-order valence-corrected chi connectivity index (χ4v) is 2.68. The van der Waals surface area contributed by atoms with E-state index >= 15 is 0 Å². The summed E-state index contributed by atoms with van der Waals surface area (Å²) in [5.41, 5.74) is 10.3. The average molecular weight is 281 g/mol. The number of aliphatic hydroxyl groups excluding tert-OH is 1. The number of nitrogens with zero attached hydrogens (tertiary/aromatic N) is 2. The van der Waals surface area contributed by atoms with Gasteiger partial charge in [-0.25, -0.2) is 4.98 Å². The molecule has 0 aliphatic carbocycles. The summed E-state index contributed by atoms with van der Waals surface area (Å²) >= 11 is 0. The number of hydrogen-bond acceptors (Lipinski definition) is 3. The number of anilines is 1. The molecule has 3 aromatic rings. The van der Waals surface area contributed by atoms with E-state index in [1.54, 1.807) is 0 Å². The first-order valence-electron chi connectivity index (χ1n) is 7.08. The van der Waals surface area contributed by atoms with Crippen LogP contribution < -0.4 is 5.73 Å². The highest BCUT2D eigenvalue weighted by atomic mass is 16.3. The molecule has 0 bridgehead atoms. The molecule has 1 atom stereocenters. The molecular weight excluding hydrogens is 262 g/mol. The van der Waals surface area contributed by atoms with Crippen LogP contribution in [0, 0.1) is 6.92 Å². The summed E-state index contributed by atoms with van der Waals surface area (Å²) in [5.74, 6) is 0.447. The second kappa shape index (κ2) is 5.58. The second-order valence-corrected chi connectivity index (χ2v) is 5.35. The molecular formula is C17H19N3O. The summed E-state index contributed by atoms with van der Waals surface area (Å²) in [7, 11) is 0. The summed E-state index contributed by atoms with van der Waals surface area (Å²) in [6.45, 7) is 2.09. The lowest BCUT2D eigenvalue weighted by Gasteiger charge is -2.18.